The molecule has 33 heavy (non-hydrogen) atoms. The number of hydrogen-bond acceptors (Lipinski definition) is 4. The summed E-state index contributed by atoms with van der Waals surface area (Å²) in [6, 6.07) is 13.4. The fraction of sp³-hybridized carbons (Fsp3) is 0.125. The fourth-order valence-electron chi connectivity index (χ4n) is 3.70. The van der Waals surface area contributed by atoms with Crippen molar-refractivity contribution < 1.29 is 23.9 Å². The highest BCUT2D eigenvalue weighted by Gasteiger charge is 2.35. The Balaban J connectivity index is 1.53. The van der Waals surface area contributed by atoms with Gasteiger partial charge in [0.05, 0.1) is 5.69 Å². The normalized spacial score (nSPS) is 14.6. The van der Waals surface area contributed by atoms with E-state index in [9.17, 15) is 23.9 Å². The van der Waals surface area contributed by atoms with Crippen molar-refractivity contribution in [2.45, 2.75) is 13.8 Å². The highest BCUT2D eigenvalue weighted by atomic mass is 19.1. The minimum absolute atomic E-state index is 0.0321. The molecule has 4 amide bonds. The quantitative estimate of drug-likeness (QED) is 0.411. The molecule has 9 heteroatoms. The lowest BCUT2D eigenvalue weighted by molar-refractivity contribution is -0.127. The van der Waals surface area contributed by atoms with Crippen LogP contribution in [0.4, 0.5) is 14.9 Å². The van der Waals surface area contributed by atoms with Crippen LogP contribution >= 0.6 is 0 Å². The van der Waals surface area contributed by atoms with Crippen LogP contribution in [0, 0.1) is 19.7 Å². The van der Waals surface area contributed by atoms with Gasteiger partial charge in [0, 0.05) is 17.1 Å². The van der Waals surface area contributed by atoms with Gasteiger partial charge >= 0.3 is 6.03 Å². The topological polar surface area (TPSA) is 104 Å². The SMILES string of the molecule is Cc1cc(/C=C2/NC(=O)N(CC(=O)Nc3ccccc3F)C2=O)c(C)n1-c1ccc(O)cc1. The van der Waals surface area contributed by atoms with Crippen LogP contribution in [0.1, 0.15) is 17.0 Å². The van der Waals surface area contributed by atoms with Crippen molar-refractivity contribution in [3.63, 3.8) is 0 Å². The molecule has 0 saturated carbocycles. The highest BCUT2D eigenvalue weighted by Crippen LogP contribution is 2.25. The molecule has 0 bridgehead atoms. The number of urea groups is 1. The van der Waals surface area contributed by atoms with Crippen molar-refractivity contribution in [2.75, 3.05) is 11.9 Å². The summed E-state index contributed by atoms with van der Waals surface area (Å²) in [6.07, 6.45) is 1.55. The number of aromatic nitrogens is 1. The van der Waals surface area contributed by atoms with Crippen molar-refractivity contribution in [3.05, 3.63) is 83.1 Å². The van der Waals surface area contributed by atoms with E-state index < -0.39 is 30.2 Å². The Morgan fingerprint density at radius 1 is 1.12 bits per heavy atom. The van der Waals surface area contributed by atoms with E-state index in [1.807, 2.05) is 24.5 Å². The molecule has 0 aliphatic carbocycles. The number of hydrogen-bond donors (Lipinski definition) is 3. The second kappa shape index (κ2) is 8.62. The molecule has 2 aromatic carbocycles. The van der Waals surface area contributed by atoms with E-state index in [4.69, 9.17) is 0 Å². The Bertz CT molecular complexity index is 1290. The Hall–Kier alpha value is -4.40. The molecule has 0 atom stereocenters. The summed E-state index contributed by atoms with van der Waals surface area (Å²) in [5.41, 5.74) is 3.26. The maximum absolute atomic E-state index is 13.7. The summed E-state index contributed by atoms with van der Waals surface area (Å²) in [6.45, 7) is 3.21. The van der Waals surface area contributed by atoms with Gasteiger partial charge in [-0.3, -0.25) is 9.59 Å². The first-order valence-electron chi connectivity index (χ1n) is 10.1. The molecule has 1 fully saturated rings. The van der Waals surface area contributed by atoms with E-state index in [1.165, 1.54) is 18.2 Å². The lowest BCUT2D eigenvalue weighted by Gasteiger charge is -2.12. The molecule has 1 aromatic heterocycles. The standard InChI is InChI=1S/C24H21FN4O4/c1-14-11-16(15(2)29(14)17-7-9-18(30)10-8-17)12-21-23(32)28(24(33)27-21)13-22(31)26-20-6-4-3-5-19(20)25/h3-12,30H,13H2,1-2H3,(H,26,31)(H,27,33)/b21-12+. The molecule has 0 spiro atoms. The number of carbonyl (C=O) groups excluding carboxylic acids is 3. The second-order valence-electron chi connectivity index (χ2n) is 7.59. The number of benzene rings is 2. The molecule has 3 aromatic rings. The van der Waals surface area contributed by atoms with Gasteiger partial charge in [-0.1, -0.05) is 12.1 Å². The second-order valence-corrected chi connectivity index (χ2v) is 7.59. The number of anilines is 1. The highest BCUT2D eigenvalue weighted by molar-refractivity contribution is 6.16. The third-order valence-electron chi connectivity index (χ3n) is 5.29. The summed E-state index contributed by atoms with van der Waals surface area (Å²) in [5, 5.41) is 14.4. The van der Waals surface area contributed by atoms with Gasteiger partial charge in [0.1, 0.15) is 23.8 Å². The van der Waals surface area contributed by atoms with Crippen molar-refractivity contribution >= 4 is 29.6 Å². The number of halogens is 1. The number of nitrogens with zero attached hydrogens (tertiary/aromatic N) is 2. The largest absolute Gasteiger partial charge is 0.508 e. The van der Waals surface area contributed by atoms with Crippen LogP contribution in [0.5, 0.6) is 5.75 Å². The van der Waals surface area contributed by atoms with Crippen molar-refractivity contribution in [1.29, 1.82) is 0 Å². The Labute approximate surface area is 188 Å². The molecule has 168 valence electrons. The minimum atomic E-state index is -0.734. The number of phenolic OH excluding ortho intramolecular Hbond substituents is 1. The van der Waals surface area contributed by atoms with Crippen LogP contribution in [0.25, 0.3) is 11.8 Å². The third-order valence-corrected chi connectivity index (χ3v) is 5.29. The smallest absolute Gasteiger partial charge is 0.329 e. The maximum Gasteiger partial charge on any atom is 0.329 e. The van der Waals surface area contributed by atoms with Crippen molar-refractivity contribution in [2.24, 2.45) is 0 Å². The van der Waals surface area contributed by atoms with Gasteiger partial charge in [-0.25, -0.2) is 14.1 Å². The summed E-state index contributed by atoms with van der Waals surface area (Å²) in [5.74, 6) is -1.82. The van der Waals surface area contributed by atoms with E-state index in [2.05, 4.69) is 10.6 Å². The van der Waals surface area contributed by atoms with E-state index >= 15 is 0 Å². The minimum Gasteiger partial charge on any atom is -0.508 e. The predicted octanol–water partition coefficient (Wildman–Crippen LogP) is 3.47. The number of aryl methyl sites for hydroxylation is 1. The fourth-order valence-corrected chi connectivity index (χ4v) is 3.70. The van der Waals surface area contributed by atoms with E-state index in [-0.39, 0.29) is 17.1 Å². The van der Waals surface area contributed by atoms with E-state index in [1.54, 1.807) is 36.4 Å². The van der Waals surface area contributed by atoms with Gasteiger partial charge < -0.3 is 20.3 Å². The van der Waals surface area contributed by atoms with Gasteiger partial charge in [-0.05, 0) is 68.0 Å². The molecule has 0 radical (unpaired) electrons. The van der Waals surface area contributed by atoms with Gasteiger partial charge in [-0.15, -0.1) is 0 Å². The van der Waals surface area contributed by atoms with Crippen LogP contribution in [0.3, 0.4) is 0 Å². The lowest BCUT2D eigenvalue weighted by Crippen LogP contribution is -2.38. The zero-order valence-electron chi connectivity index (χ0n) is 17.9. The van der Waals surface area contributed by atoms with E-state index in [0.717, 1.165) is 22.0 Å². The summed E-state index contributed by atoms with van der Waals surface area (Å²) in [4.78, 5) is 38.1. The average molecular weight is 448 g/mol. The summed E-state index contributed by atoms with van der Waals surface area (Å²) < 4.78 is 15.7. The molecule has 3 N–H and O–H groups in total. The summed E-state index contributed by atoms with van der Waals surface area (Å²) in [7, 11) is 0. The zero-order chi connectivity index (χ0) is 23.7. The summed E-state index contributed by atoms with van der Waals surface area (Å²) >= 11 is 0. The van der Waals surface area contributed by atoms with Crippen LogP contribution in [-0.2, 0) is 9.59 Å². The Morgan fingerprint density at radius 2 is 1.82 bits per heavy atom. The number of rotatable bonds is 5. The number of para-hydroxylation sites is 1. The molecule has 2 heterocycles. The van der Waals surface area contributed by atoms with Crippen LogP contribution in [0.15, 0.2) is 60.3 Å². The monoisotopic (exact) mass is 448 g/mol. The molecular formula is C24H21FN4O4. The first kappa shape index (κ1) is 21.8. The molecule has 1 aliphatic heterocycles. The predicted molar refractivity (Wildman–Crippen MR) is 120 cm³/mol. The van der Waals surface area contributed by atoms with Crippen LogP contribution in [-0.4, -0.2) is 39.0 Å². The zero-order valence-corrected chi connectivity index (χ0v) is 17.9. The molecule has 0 unspecified atom stereocenters. The number of aromatic hydroxyl groups is 1. The van der Waals surface area contributed by atoms with Gasteiger partial charge in [0.25, 0.3) is 5.91 Å². The van der Waals surface area contributed by atoms with Crippen molar-refractivity contribution in [1.82, 2.24) is 14.8 Å². The molecular weight excluding hydrogens is 427 g/mol. The molecule has 4 rings (SSSR count). The number of imide groups is 1. The van der Waals surface area contributed by atoms with Crippen LogP contribution in [0.2, 0.25) is 0 Å². The first-order chi connectivity index (χ1) is 15.7. The number of nitrogens with one attached hydrogen (secondary N) is 2. The Morgan fingerprint density at radius 3 is 2.52 bits per heavy atom. The van der Waals surface area contributed by atoms with E-state index in [0.29, 0.717) is 5.56 Å². The average Bonchev–Trinajstić information content (AvgIpc) is 3.20. The molecule has 1 aliphatic rings. The third kappa shape index (κ3) is 4.33. The van der Waals surface area contributed by atoms with Crippen LogP contribution < -0.4 is 10.6 Å². The molecule has 8 nitrogen and oxygen atoms in total. The molecule has 1 saturated heterocycles. The maximum atomic E-state index is 13.7. The number of phenols is 1. The Kier molecular flexibility index (Phi) is 5.70. The van der Waals surface area contributed by atoms with Gasteiger partial charge in [0.15, 0.2) is 0 Å². The number of carbonyl (C=O) groups is 3. The number of amides is 4. The van der Waals surface area contributed by atoms with Gasteiger partial charge in [0.2, 0.25) is 5.91 Å². The van der Waals surface area contributed by atoms with Crippen molar-refractivity contribution in [3.8, 4) is 11.4 Å². The lowest BCUT2D eigenvalue weighted by atomic mass is 10.2. The first-order valence-corrected chi connectivity index (χ1v) is 10.1. The van der Waals surface area contributed by atoms with Gasteiger partial charge in [-0.2, -0.15) is 0 Å².